The highest BCUT2D eigenvalue weighted by atomic mass is 35.5. The molecule has 0 aliphatic rings. The molecule has 7 heteroatoms. The topological polar surface area (TPSA) is 103 Å². The number of aromatic hydroxyl groups is 2. The third-order valence-electron chi connectivity index (χ3n) is 4.70. The van der Waals surface area contributed by atoms with E-state index in [0.717, 1.165) is 21.7 Å². The van der Waals surface area contributed by atoms with Crippen molar-refractivity contribution in [1.82, 2.24) is 5.32 Å². The molecule has 6 nitrogen and oxygen atoms in total. The number of hydrogen-bond acceptors (Lipinski definition) is 5. The van der Waals surface area contributed by atoms with Crippen molar-refractivity contribution in [2.24, 2.45) is 0 Å². The van der Waals surface area contributed by atoms with Gasteiger partial charge in [-0.2, -0.15) is 5.26 Å². The lowest BCUT2D eigenvalue weighted by Gasteiger charge is -2.10. The zero-order valence-corrected chi connectivity index (χ0v) is 18.3. The Balaban J connectivity index is 1.62. The first-order chi connectivity index (χ1) is 15.3. The van der Waals surface area contributed by atoms with E-state index in [1.807, 2.05) is 44.2 Å². The summed E-state index contributed by atoms with van der Waals surface area (Å²) in [5, 5.41) is 31.6. The Kier molecular flexibility index (Phi) is 7.04. The number of carbonyl (C=O) groups is 1. The van der Waals surface area contributed by atoms with E-state index in [1.165, 1.54) is 24.3 Å². The molecule has 0 aromatic heterocycles. The number of rotatable bonds is 6. The summed E-state index contributed by atoms with van der Waals surface area (Å²) in [7, 11) is 0. The molecule has 0 unspecified atom stereocenters. The van der Waals surface area contributed by atoms with Crippen molar-refractivity contribution in [3.8, 4) is 29.1 Å². The Labute approximate surface area is 191 Å². The maximum absolute atomic E-state index is 12.4. The van der Waals surface area contributed by atoms with Gasteiger partial charge >= 0.3 is 0 Å². The minimum absolute atomic E-state index is 0.122. The highest BCUT2D eigenvalue weighted by Gasteiger charge is 2.10. The van der Waals surface area contributed by atoms with Gasteiger partial charge in [0.25, 0.3) is 5.91 Å². The molecule has 3 N–H and O–H groups in total. The van der Waals surface area contributed by atoms with Crippen molar-refractivity contribution >= 4 is 23.6 Å². The maximum Gasteiger partial charge on any atom is 0.262 e. The summed E-state index contributed by atoms with van der Waals surface area (Å²) >= 11 is 6.19. The summed E-state index contributed by atoms with van der Waals surface area (Å²) in [6, 6.07) is 16.8. The predicted molar refractivity (Wildman–Crippen MR) is 123 cm³/mol. The summed E-state index contributed by atoms with van der Waals surface area (Å²) in [6.07, 6.45) is 1.33. The first kappa shape index (κ1) is 22.7. The minimum atomic E-state index is -0.549. The molecule has 162 valence electrons. The quantitative estimate of drug-likeness (QED) is 0.267. The van der Waals surface area contributed by atoms with Crippen LogP contribution in [-0.2, 0) is 11.3 Å². The van der Waals surface area contributed by atoms with E-state index in [1.54, 1.807) is 12.1 Å². The Morgan fingerprint density at radius 1 is 1.03 bits per heavy atom. The van der Waals surface area contributed by atoms with Crippen LogP contribution < -0.4 is 10.1 Å². The average Bonchev–Trinajstić information content (AvgIpc) is 2.77. The number of benzene rings is 3. The van der Waals surface area contributed by atoms with E-state index >= 15 is 0 Å². The molecule has 0 radical (unpaired) electrons. The summed E-state index contributed by atoms with van der Waals surface area (Å²) in [5.74, 6) is 0.175. The van der Waals surface area contributed by atoms with Crippen LogP contribution >= 0.6 is 11.6 Å². The Bertz CT molecular complexity index is 1200. The van der Waals surface area contributed by atoms with Crippen molar-refractivity contribution in [2.75, 3.05) is 0 Å². The molecule has 0 heterocycles. The Hall–Kier alpha value is -3.95. The molecule has 0 aliphatic heterocycles. The molecule has 0 atom stereocenters. The van der Waals surface area contributed by atoms with Crippen LogP contribution in [0.25, 0.3) is 6.08 Å². The number of halogens is 1. The second-order valence-corrected chi connectivity index (χ2v) is 7.60. The van der Waals surface area contributed by atoms with E-state index in [9.17, 15) is 20.3 Å². The molecule has 3 rings (SSSR count). The zero-order valence-electron chi connectivity index (χ0n) is 17.5. The van der Waals surface area contributed by atoms with Gasteiger partial charge in [-0.1, -0.05) is 29.8 Å². The summed E-state index contributed by atoms with van der Waals surface area (Å²) in [6.45, 7) is 4.06. The van der Waals surface area contributed by atoms with Gasteiger partial charge in [0.15, 0.2) is 11.5 Å². The van der Waals surface area contributed by atoms with Crippen molar-refractivity contribution in [2.45, 2.75) is 20.4 Å². The van der Waals surface area contributed by atoms with Crippen LogP contribution in [0.3, 0.4) is 0 Å². The van der Waals surface area contributed by atoms with E-state index in [2.05, 4.69) is 5.32 Å². The molecule has 0 aliphatic carbocycles. The van der Waals surface area contributed by atoms with Crippen molar-refractivity contribution < 1.29 is 19.7 Å². The molecule has 3 aromatic rings. The lowest BCUT2D eigenvalue weighted by Crippen LogP contribution is -2.23. The highest BCUT2D eigenvalue weighted by Crippen LogP contribution is 2.29. The number of carbonyl (C=O) groups excluding carboxylic acids is 1. The number of phenols is 2. The average molecular weight is 449 g/mol. The first-order valence-corrected chi connectivity index (χ1v) is 10.1. The van der Waals surface area contributed by atoms with Gasteiger partial charge in [0.2, 0.25) is 0 Å². The number of ether oxygens (including phenoxy) is 1. The van der Waals surface area contributed by atoms with Crippen molar-refractivity contribution in [3.05, 3.63) is 87.4 Å². The van der Waals surface area contributed by atoms with Crippen LogP contribution in [0, 0.1) is 25.2 Å². The van der Waals surface area contributed by atoms with Gasteiger partial charge in [-0.3, -0.25) is 4.79 Å². The number of nitriles is 1. The number of hydrogen-bond donors (Lipinski definition) is 3. The molecular formula is C25H21ClN2O4. The number of phenolic OH excluding ortho intramolecular Hbond substituents is 2. The Morgan fingerprint density at radius 3 is 2.28 bits per heavy atom. The molecule has 0 saturated heterocycles. The molecule has 32 heavy (non-hydrogen) atoms. The molecule has 3 aromatic carbocycles. The van der Waals surface area contributed by atoms with Gasteiger partial charge in [-0.05, 0) is 78.6 Å². The fraction of sp³-hybridized carbons (Fsp3) is 0.120. The predicted octanol–water partition coefficient (Wildman–Crippen LogP) is 5.38. The van der Waals surface area contributed by atoms with Crippen molar-refractivity contribution in [3.63, 3.8) is 0 Å². The number of nitrogens with zero attached hydrogens (tertiary/aromatic N) is 1. The largest absolute Gasteiger partial charge is 0.504 e. The van der Waals surface area contributed by atoms with Crippen molar-refractivity contribution in [1.29, 1.82) is 5.26 Å². The van der Waals surface area contributed by atoms with Gasteiger partial charge in [-0.15, -0.1) is 0 Å². The van der Waals surface area contributed by atoms with Gasteiger partial charge in [0.05, 0.1) is 0 Å². The van der Waals surface area contributed by atoms with Crippen LogP contribution in [0.5, 0.6) is 23.0 Å². The van der Waals surface area contributed by atoms with Crippen LogP contribution in [-0.4, -0.2) is 16.1 Å². The first-order valence-electron chi connectivity index (χ1n) is 9.72. The van der Waals surface area contributed by atoms with Crippen LogP contribution in [0.4, 0.5) is 0 Å². The van der Waals surface area contributed by atoms with E-state index in [-0.39, 0.29) is 23.6 Å². The standard InChI is InChI=1S/C25H21ClN2O4/c1-15-9-21(10-16(2)24(15)26)32-20-6-3-17(4-7-20)14-28-25(31)19(13-27)11-18-5-8-22(29)23(30)12-18/h3-12,29-30H,14H2,1-2H3,(H,28,31)/b19-11+. The van der Waals surface area contributed by atoms with Crippen LogP contribution in [0.1, 0.15) is 22.3 Å². The summed E-state index contributed by atoms with van der Waals surface area (Å²) in [4.78, 5) is 12.4. The van der Waals surface area contributed by atoms with E-state index < -0.39 is 5.91 Å². The fourth-order valence-corrected chi connectivity index (χ4v) is 3.11. The number of aryl methyl sites for hydroxylation is 2. The third kappa shape index (κ3) is 5.60. The van der Waals surface area contributed by atoms with Gasteiger partial charge in [-0.25, -0.2) is 0 Å². The zero-order chi connectivity index (χ0) is 23.3. The van der Waals surface area contributed by atoms with Gasteiger partial charge < -0.3 is 20.3 Å². The lowest BCUT2D eigenvalue weighted by atomic mass is 10.1. The van der Waals surface area contributed by atoms with Gasteiger partial charge in [0.1, 0.15) is 23.1 Å². The molecule has 1 amide bonds. The normalized spacial score (nSPS) is 11.0. The maximum atomic E-state index is 12.4. The number of nitrogens with one attached hydrogen (secondary N) is 1. The van der Waals surface area contributed by atoms with Crippen LogP contribution in [0.2, 0.25) is 5.02 Å². The molecule has 0 fully saturated rings. The second-order valence-electron chi connectivity index (χ2n) is 7.22. The molecule has 0 spiro atoms. The molecular weight excluding hydrogens is 428 g/mol. The molecule has 0 saturated carbocycles. The van der Waals surface area contributed by atoms with E-state index in [4.69, 9.17) is 16.3 Å². The second kappa shape index (κ2) is 9.90. The third-order valence-corrected chi connectivity index (χ3v) is 5.29. The fourth-order valence-electron chi connectivity index (χ4n) is 3.00. The highest BCUT2D eigenvalue weighted by molar-refractivity contribution is 6.32. The smallest absolute Gasteiger partial charge is 0.262 e. The summed E-state index contributed by atoms with van der Waals surface area (Å²) < 4.78 is 5.88. The van der Waals surface area contributed by atoms with Gasteiger partial charge in [0, 0.05) is 11.6 Å². The number of amides is 1. The van der Waals surface area contributed by atoms with Crippen LogP contribution in [0.15, 0.2) is 60.2 Å². The minimum Gasteiger partial charge on any atom is -0.504 e. The van der Waals surface area contributed by atoms with E-state index in [0.29, 0.717) is 17.1 Å². The monoisotopic (exact) mass is 448 g/mol. The Morgan fingerprint density at radius 2 is 1.69 bits per heavy atom. The summed E-state index contributed by atoms with van der Waals surface area (Å²) in [5.41, 5.74) is 2.99. The SMILES string of the molecule is Cc1cc(Oc2ccc(CNC(=O)/C(C#N)=C/c3ccc(O)c(O)c3)cc2)cc(C)c1Cl. The lowest BCUT2D eigenvalue weighted by molar-refractivity contribution is -0.117. The molecule has 0 bridgehead atoms.